The molecule has 0 aliphatic carbocycles. The van der Waals surface area contributed by atoms with Crippen LogP contribution in [0.3, 0.4) is 0 Å². The molecule has 5 aromatic heterocycles. The summed E-state index contributed by atoms with van der Waals surface area (Å²) in [5.41, 5.74) is 6.57. The molecule has 0 saturated carbocycles. The van der Waals surface area contributed by atoms with E-state index in [0.29, 0.717) is 5.82 Å². The summed E-state index contributed by atoms with van der Waals surface area (Å²) in [5.74, 6) is 0.364. The van der Waals surface area contributed by atoms with Crippen LogP contribution in [-0.2, 0) is 4.79 Å². The molecule has 31 heavy (non-hydrogen) atoms. The lowest BCUT2D eigenvalue weighted by molar-refractivity contribution is -0.116. The van der Waals surface area contributed by atoms with Crippen LogP contribution in [0.25, 0.3) is 44.7 Å². The van der Waals surface area contributed by atoms with Gasteiger partial charge in [0.15, 0.2) is 0 Å². The Morgan fingerprint density at radius 2 is 1.97 bits per heavy atom. The Bertz CT molecular complexity index is 1370. The fraction of sp³-hybridized carbons (Fsp3) is 0.136. The number of hydrogen-bond acceptors (Lipinski definition) is 6. The first-order valence-corrected chi connectivity index (χ1v) is 9.77. The zero-order valence-corrected chi connectivity index (χ0v) is 17.0. The lowest BCUT2D eigenvalue weighted by Gasteiger charge is -2.10. The van der Waals surface area contributed by atoms with Gasteiger partial charge in [0.05, 0.1) is 34.5 Å². The fourth-order valence-corrected chi connectivity index (χ4v) is 3.46. The molecule has 9 nitrogen and oxygen atoms in total. The molecule has 0 spiro atoms. The maximum atomic E-state index is 12.1. The molecule has 0 unspecified atom stereocenters. The van der Waals surface area contributed by atoms with Gasteiger partial charge in [0.1, 0.15) is 17.0 Å². The highest BCUT2D eigenvalue weighted by Gasteiger charge is 2.14. The predicted octanol–water partition coefficient (Wildman–Crippen LogP) is 3.06. The van der Waals surface area contributed by atoms with E-state index in [1.807, 2.05) is 56.6 Å². The van der Waals surface area contributed by atoms with Gasteiger partial charge in [-0.1, -0.05) is 0 Å². The second-order valence-electron chi connectivity index (χ2n) is 7.50. The van der Waals surface area contributed by atoms with E-state index < -0.39 is 0 Å². The van der Waals surface area contributed by atoms with Gasteiger partial charge in [-0.15, -0.1) is 0 Å². The molecule has 0 radical (unpaired) electrons. The van der Waals surface area contributed by atoms with E-state index in [2.05, 4.69) is 30.5 Å². The van der Waals surface area contributed by atoms with Crippen LogP contribution in [0.4, 0.5) is 5.82 Å². The van der Waals surface area contributed by atoms with Crippen molar-refractivity contribution in [3.05, 3.63) is 54.9 Å². The van der Waals surface area contributed by atoms with E-state index in [4.69, 9.17) is 4.98 Å². The smallest absolute Gasteiger partial charge is 0.239 e. The van der Waals surface area contributed by atoms with Crippen molar-refractivity contribution in [3.8, 4) is 22.6 Å². The molecule has 0 aliphatic heterocycles. The van der Waals surface area contributed by atoms with Crippen molar-refractivity contribution in [1.29, 1.82) is 0 Å². The van der Waals surface area contributed by atoms with Gasteiger partial charge in [-0.3, -0.25) is 14.9 Å². The van der Waals surface area contributed by atoms with Gasteiger partial charge in [0.2, 0.25) is 5.91 Å². The number of carbonyl (C=O) groups excluding carboxylic acids is 1. The topological polar surface area (TPSA) is 115 Å². The molecular formula is C22H20N8O. The summed E-state index contributed by atoms with van der Waals surface area (Å²) in [4.78, 5) is 30.7. The van der Waals surface area contributed by atoms with Crippen LogP contribution in [0.5, 0.6) is 0 Å². The molecule has 0 atom stereocenters. The first-order chi connectivity index (χ1) is 15.1. The third-order valence-electron chi connectivity index (χ3n) is 4.83. The third-order valence-corrected chi connectivity index (χ3v) is 4.83. The Balaban J connectivity index is 1.51. The van der Waals surface area contributed by atoms with Gasteiger partial charge in [0.25, 0.3) is 0 Å². The minimum atomic E-state index is -0.123. The number of nitrogens with zero attached hydrogens (tertiary/aromatic N) is 5. The number of aromatic amines is 2. The van der Waals surface area contributed by atoms with Crippen molar-refractivity contribution in [2.24, 2.45) is 0 Å². The Hall–Kier alpha value is -4.11. The quantitative estimate of drug-likeness (QED) is 0.409. The molecule has 0 aromatic carbocycles. The summed E-state index contributed by atoms with van der Waals surface area (Å²) in [6, 6.07) is 13.4. The highest BCUT2D eigenvalue weighted by molar-refractivity contribution is 5.94. The monoisotopic (exact) mass is 412 g/mol. The molecule has 0 bridgehead atoms. The van der Waals surface area contributed by atoms with Gasteiger partial charge in [-0.2, -0.15) is 5.10 Å². The van der Waals surface area contributed by atoms with Crippen LogP contribution in [0.2, 0.25) is 0 Å². The summed E-state index contributed by atoms with van der Waals surface area (Å²) in [5, 5.41) is 10.3. The van der Waals surface area contributed by atoms with Crippen LogP contribution >= 0.6 is 0 Å². The Labute approximate surface area is 177 Å². The largest absolute Gasteiger partial charge is 0.352 e. The van der Waals surface area contributed by atoms with Crippen LogP contribution in [0, 0.1) is 0 Å². The number of likely N-dealkylation sites (N-methyl/N-ethyl adjacent to an activating group) is 1. The van der Waals surface area contributed by atoms with Crippen molar-refractivity contribution < 1.29 is 4.79 Å². The van der Waals surface area contributed by atoms with E-state index >= 15 is 0 Å². The maximum absolute atomic E-state index is 12.1. The number of rotatable bonds is 5. The second kappa shape index (κ2) is 7.62. The van der Waals surface area contributed by atoms with E-state index in [-0.39, 0.29) is 12.5 Å². The molecule has 9 heteroatoms. The number of pyridine rings is 3. The lowest BCUT2D eigenvalue weighted by atomic mass is 10.1. The van der Waals surface area contributed by atoms with Crippen molar-refractivity contribution in [3.63, 3.8) is 0 Å². The highest BCUT2D eigenvalue weighted by Crippen LogP contribution is 2.29. The molecule has 5 rings (SSSR count). The zero-order chi connectivity index (χ0) is 21.4. The maximum Gasteiger partial charge on any atom is 0.239 e. The molecule has 0 aliphatic rings. The summed E-state index contributed by atoms with van der Waals surface area (Å²) in [6.07, 6.45) is 3.42. The first kappa shape index (κ1) is 18.9. The molecule has 5 aromatic rings. The Morgan fingerprint density at radius 3 is 2.81 bits per heavy atom. The van der Waals surface area contributed by atoms with Crippen molar-refractivity contribution in [1.82, 2.24) is 35.0 Å². The van der Waals surface area contributed by atoms with Crippen molar-refractivity contribution >= 4 is 33.8 Å². The SMILES string of the molecule is CN(C)CC(=O)Nc1cc(-c2ccc3[nH]nc(-c4cc5ncccc5[nH]4)c3n2)ccn1. The fourth-order valence-electron chi connectivity index (χ4n) is 3.46. The number of anilines is 1. The van der Waals surface area contributed by atoms with E-state index in [9.17, 15) is 4.79 Å². The van der Waals surface area contributed by atoms with Crippen LogP contribution < -0.4 is 5.32 Å². The Kier molecular flexibility index (Phi) is 4.64. The standard InChI is InChI=1S/C22H20N8O/c1-30(2)12-20(31)27-19-10-13(7-9-24-19)14-5-6-16-21(26-14)22(29-28-16)18-11-17-15(25-18)4-3-8-23-17/h3-11,25H,12H2,1-2H3,(H,28,29)(H,24,27,31). The number of hydrogen-bond donors (Lipinski definition) is 3. The van der Waals surface area contributed by atoms with Gasteiger partial charge in [-0.25, -0.2) is 9.97 Å². The van der Waals surface area contributed by atoms with Crippen LogP contribution in [0.15, 0.2) is 54.9 Å². The normalized spacial score (nSPS) is 11.5. The van der Waals surface area contributed by atoms with Crippen molar-refractivity contribution in [2.45, 2.75) is 0 Å². The minimum absolute atomic E-state index is 0.123. The average Bonchev–Trinajstić information content (AvgIpc) is 3.36. The zero-order valence-electron chi connectivity index (χ0n) is 17.0. The number of nitrogens with one attached hydrogen (secondary N) is 3. The molecule has 1 amide bonds. The molecule has 0 saturated heterocycles. The van der Waals surface area contributed by atoms with E-state index in [1.54, 1.807) is 17.3 Å². The van der Waals surface area contributed by atoms with Gasteiger partial charge in [0, 0.05) is 18.0 Å². The van der Waals surface area contributed by atoms with Gasteiger partial charge >= 0.3 is 0 Å². The summed E-state index contributed by atoms with van der Waals surface area (Å²) in [7, 11) is 3.68. The van der Waals surface area contributed by atoms with Gasteiger partial charge in [-0.05, 0) is 56.6 Å². The molecule has 5 heterocycles. The number of aromatic nitrogens is 6. The van der Waals surface area contributed by atoms with Crippen molar-refractivity contribution in [2.75, 3.05) is 26.0 Å². The summed E-state index contributed by atoms with van der Waals surface area (Å²) in [6.45, 7) is 0.286. The highest BCUT2D eigenvalue weighted by atomic mass is 16.2. The number of H-pyrrole nitrogens is 2. The van der Waals surface area contributed by atoms with Crippen LogP contribution in [0.1, 0.15) is 0 Å². The van der Waals surface area contributed by atoms with E-state index in [1.165, 1.54) is 0 Å². The molecule has 154 valence electrons. The number of carbonyl (C=O) groups is 1. The molecular weight excluding hydrogens is 392 g/mol. The third kappa shape index (κ3) is 3.74. The minimum Gasteiger partial charge on any atom is -0.352 e. The molecule has 3 N–H and O–H groups in total. The second-order valence-corrected chi connectivity index (χ2v) is 7.50. The molecule has 0 fully saturated rings. The Morgan fingerprint density at radius 1 is 1.06 bits per heavy atom. The van der Waals surface area contributed by atoms with Crippen LogP contribution in [-0.4, -0.2) is 61.6 Å². The average molecular weight is 412 g/mol. The predicted molar refractivity (Wildman–Crippen MR) is 119 cm³/mol. The lowest BCUT2D eigenvalue weighted by Crippen LogP contribution is -2.27. The first-order valence-electron chi connectivity index (χ1n) is 9.77. The summed E-state index contributed by atoms with van der Waals surface area (Å²) < 4.78 is 0. The number of amides is 1. The van der Waals surface area contributed by atoms with E-state index in [0.717, 1.165) is 44.7 Å². The summed E-state index contributed by atoms with van der Waals surface area (Å²) >= 11 is 0. The number of fused-ring (bicyclic) bond motifs is 2. The van der Waals surface area contributed by atoms with Gasteiger partial charge < -0.3 is 15.2 Å².